The molecule has 2 heterocycles. The van der Waals surface area contributed by atoms with Crippen LogP contribution in [0, 0.1) is 0 Å². The molecular weight excluding hydrogens is 671 g/mol. The maximum atomic E-state index is 11.4. The van der Waals surface area contributed by atoms with Crippen molar-refractivity contribution in [2.45, 2.75) is 72.3 Å². The Morgan fingerprint density at radius 2 is 1.11 bits per heavy atom. The van der Waals surface area contributed by atoms with Crippen LogP contribution < -0.4 is 0 Å². The first-order valence-corrected chi connectivity index (χ1v) is 19.3. The summed E-state index contributed by atoms with van der Waals surface area (Å²) in [5, 5.41) is 12.5. The maximum absolute atomic E-state index is 11.4. The lowest BCUT2D eigenvalue weighted by atomic mass is 9.83. The van der Waals surface area contributed by atoms with Gasteiger partial charge < -0.3 is 9.67 Å². The molecule has 0 saturated heterocycles. The number of imidazole rings is 1. The predicted octanol–water partition coefficient (Wildman–Crippen LogP) is 13.8. The van der Waals surface area contributed by atoms with Gasteiger partial charge in [-0.3, -0.25) is 4.98 Å². The summed E-state index contributed by atoms with van der Waals surface area (Å²) in [5.41, 5.74) is 14.8. The molecule has 0 amide bonds. The van der Waals surface area contributed by atoms with Gasteiger partial charge in [0.1, 0.15) is 11.6 Å². The minimum absolute atomic E-state index is 0.0730. The molecule has 4 nitrogen and oxygen atoms in total. The summed E-state index contributed by atoms with van der Waals surface area (Å²) >= 11 is 0. The number of phenolic OH excluding ortho intramolecular Hbond substituents is 1. The van der Waals surface area contributed by atoms with E-state index in [1.807, 2.05) is 18.3 Å². The molecule has 8 rings (SSSR count). The van der Waals surface area contributed by atoms with E-state index in [1.54, 1.807) is 0 Å². The highest BCUT2D eigenvalue weighted by Gasteiger charge is 2.25. The Morgan fingerprint density at radius 3 is 1.75 bits per heavy atom. The third-order valence-electron chi connectivity index (χ3n) is 10.8. The van der Waals surface area contributed by atoms with Crippen molar-refractivity contribution >= 4 is 21.9 Å². The van der Waals surface area contributed by atoms with Crippen molar-refractivity contribution in [3.05, 3.63) is 151 Å². The van der Waals surface area contributed by atoms with Gasteiger partial charge >= 0.3 is 0 Å². The van der Waals surface area contributed by atoms with Gasteiger partial charge in [0.2, 0.25) is 0 Å². The molecule has 0 unspecified atom stereocenters. The molecule has 274 valence electrons. The first-order valence-electron chi connectivity index (χ1n) is 19.3. The van der Waals surface area contributed by atoms with Crippen LogP contribution in [0.15, 0.2) is 140 Å². The van der Waals surface area contributed by atoms with Gasteiger partial charge in [0, 0.05) is 28.8 Å². The third-order valence-corrected chi connectivity index (χ3v) is 10.8. The van der Waals surface area contributed by atoms with E-state index in [4.69, 9.17) is 9.97 Å². The van der Waals surface area contributed by atoms with Crippen LogP contribution in [0.2, 0.25) is 0 Å². The molecule has 0 spiro atoms. The number of phenols is 1. The molecule has 0 atom stereocenters. The number of pyridine rings is 1. The molecule has 0 bridgehead atoms. The van der Waals surface area contributed by atoms with Crippen molar-refractivity contribution in [3.63, 3.8) is 0 Å². The Morgan fingerprint density at radius 1 is 0.509 bits per heavy atom. The van der Waals surface area contributed by atoms with Crippen molar-refractivity contribution in [3.8, 4) is 61.6 Å². The van der Waals surface area contributed by atoms with Gasteiger partial charge in [0.05, 0.1) is 22.1 Å². The Balaban J connectivity index is 1.40. The fourth-order valence-electron chi connectivity index (χ4n) is 7.74. The fourth-order valence-corrected chi connectivity index (χ4v) is 7.74. The fraction of sp³-hybridized carbons (Fsp3) is 0.216. The Hall–Kier alpha value is -6.00. The third kappa shape index (κ3) is 6.71. The summed E-state index contributed by atoms with van der Waals surface area (Å²) in [7, 11) is 0. The highest BCUT2D eigenvalue weighted by atomic mass is 16.3. The summed E-state index contributed by atoms with van der Waals surface area (Å²) in [5.74, 6) is 0.989. The first kappa shape index (κ1) is 36.0. The molecule has 0 saturated carbocycles. The van der Waals surface area contributed by atoms with Crippen LogP contribution >= 0.6 is 0 Å². The van der Waals surface area contributed by atoms with Crippen molar-refractivity contribution < 1.29 is 5.11 Å². The van der Waals surface area contributed by atoms with Crippen LogP contribution in [-0.2, 0) is 10.8 Å². The smallest absolute Gasteiger partial charge is 0.145 e. The quantitative estimate of drug-likeness (QED) is 0.186. The predicted molar refractivity (Wildman–Crippen MR) is 232 cm³/mol. The van der Waals surface area contributed by atoms with E-state index in [-0.39, 0.29) is 22.6 Å². The average molecular weight is 720 g/mol. The Labute approximate surface area is 325 Å². The lowest BCUT2D eigenvalue weighted by Crippen LogP contribution is -2.11. The molecule has 6 aromatic carbocycles. The zero-order valence-electron chi connectivity index (χ0n) is 33.1. The second-order valence-corrected chi connectivity index (χ2v) is 17.1. The van der Waals surface area contributed by atoms with E-state index in [2.05, 4.69) is 181 Å². The lowest BCUT2D eigenvalue weighted by molar-refractivity contribution is 0.474. The molecule has 2 aromatic heterocycles. The highest BCUT2D eigenvalue weighted by Crippen LogP contribution is 2.43. The number of hydrogen-bond acceptors (Lipinski definition) is 3. The first-order chi connectivity index (χ1) is 26.3. The minimum atomic E-state index is -0.0889. The molecule has 0 radical (unpaired) electrons. The van der Waals surface area contributed by atoms with E-state index in [0.717, 1.165) is 72.3 Å². The zero-order chi connectivity index (χ0) is 38.6. The monoisotopic (exact) mass is 719 g/mol. The van der Waals surface area contributed by atoms with E-state index in [1.165, 1.54) is 16.7 Å². The molecule has 0 fully saturated rings. The number of rotatable bonds is 6. The van der Waals surface area contributed by atoms with Crippen LogP contribution in [0.3, 0.4) is 0 Å². The lowest BCUT2D eigenvalue weighted by Gasteiger charge is -2.22. The van der Waals surface area contributed by atoms with Gasteiger partial charge in [-0.2, -0.15) is 0 Å². The second-order valence-electron chi connectivity index (χ2n) is 17.1. The molecular formula is C51H49N3O. The summed E-state index contributed by atoms with van der Waals surface area (Å²) in [6.45, 7) is 17.8. The molecule has 0 aliphatic rings. The Kier molecular flexibility index (Phi) is 8.96. The topological polar surface area (TPSA) is 50.9 Å². The molecule has 1 N–H and O–H groups in total. The van der Waals surface area contributed by atoms with E-state index >= 15 is 0 Å². The van der Waals surface area contributed by atoms with Crippen LogP contribution in [0.25, 0.3) is 77.8 Å². The van der Waals surface area contributed by atoms with Crippen LogP contribution in [0.4, 0.5) is 0 Å². The number of fused-ring (bicyclic) bond motifs is 2. The van der Waals surface area contributed by atoms with E-state index < -0.39 is 0 Å². The summed E-state index contributed by atoms with van der Waals surface area (Å²) in [4.78, 5) is 10.5. The van der Waals surface area contributed by atoms with Crippen LogP contribution in [-0.4, -0.2) is 19.6 Å². The van der Waals surface area contributed by atoms with Gasteiger partial charge in [-0.05, 0) is 118 Å². The summed E-state index contributed by atoms with van der Waals surface area (Å²) in [6.07, 6.45) is 1.94. The molecule has 8 aromatic rings. The normalized spacial score (nSPS) is 12.2. The SMILES string of the molecule is CC(C)n1c(-c2cc(C(C)(C)C)ccc2O)nc2c(-c3cccc(-c4cc(C(C)(C)C)cc5c(-c6ccccc6)ccnc45)c3)cc(-c3ccccc3)cc21. The van der Waals surface area contributed by atoms with Gasteiger partial charge in [-0.15, -0.1) is 0 Å². The summed E-state index contributed by atoms with van der Waals surface area (Å²) in [6, 6.07) is 47.4. The van der Waals surface area contributed by atoms with Gasteiger partial charge in [-0.1, -0.05) is 126 Å². The molecule has 55 heavy (non-hydrogen) atoms. The second kappa shape index (κ2) is 13.7. The molecule has 0 aliphatic carbocycles. The number of nitrogens with zero attached hydrogens (tertiary/aromatic N) is 3. The zero-order valence-corrected chi connectivity index (χ0v) is 33.1. The van der Waals surface area contributed by atoms with Gasteiger partial charge in [0.25, 0.3) is 0 Å². The number of aromatic nitrogens is 3. The highest BCUT2D eigenvalue weighted by molar-refractivity contribution is 6.04. The average Bonchev–Trinajstić information content (AvgIpc) is 3.57. The van der Waals surface area contributed by atoms with Crippen LogP contribution in [0.5, 0.6) is 5.75 Å². The molecule has 0 aliphatic heterocycles. The molecule has 4 heteroatoms. The van der Waals surface area contributed by atoms with Gasteiger partial charge in [-0.25, -0.2) is 4.98 Å². The van der Waals surface area contributed by atoms with E-state index in [9.17, 15) is 5.11 Å². The standard InChI is InChI=1S/C51H49N3O/c1-32(2)54-45-28-37(33-16-11-9-12-17-33)27-41(48(45)53-49(54)44-29-38(50(3,4)5)22-23-46(44)55)35-20-15-21-36(26-35)42-30-39(51(6,7)8)31-43-40(24-25-52-47(42)43)34-18-13-10-14-19-34/h9-32,55H,1-8H3. The number of hydrogen-bond donors (Lipinski definition) is 1. The van der Waals surface area contributed by atoms with E-state index in [0.29, 0.717) is 0 Å². The maximum Gasteiger partial charge on any atom is 0.145 e. The van der Waals surface area contributed by atoms with Crippen molar-refractivity contribution in [1.29, 1.82) is 0 Å². The largest absolute Gasteiger partial charge is 0.507 e. The Bertz CT molecular complexity index is 2690. The number of benzene rings is 6. The van der Waals surface area contributed by atoms with Crippen molar-refractivity contribution in [2.75, 3.05) is 0 Å². The van der Waals surface area contributed by atoms with Gasteiger partial charge in [0.15, 0.2) is 0 Å². The van der Waals surface area contributed by atoms with Crippen molar-refractivity contribution in [2.24, 2.45) is 0 Å². The minimum Gasteiger partial charge on any atom is -0.507 e. The van der Waals surface area contributed by atoms with Crippen LogP contribution in [0.1, 0.15) is 72.6 Å². The van der Waals surface area contributed by atoms with Crippen molar-refractivity contribution in [1.82, 2.24) is 14.5 Å². The summed E-state index contributed by atoms with van der Waals surface area (Å²) < 4.78 is 2.28. The number of aromatic hydroxyl groups is 1.